The van der Waals surface area contributed by atoms with Crippen molar-refractivity contribution in [3.8, 4) is 23.0 Å². The van der Waals surface area contributed by atoms with Gasteiger partial charge in [-0.25, -0.2) is 0 Å². The average Bonchev–Trinajstić information content (AvgIpc) is 2.99. The largest absolute Gasteiger partial charge is 0.508 e. The van der Waals surface area contributed by atoms with Crippen LogP contribution in [0.25, 0.3) is 0 Å². The van der Waals surface area contributed by atoms with Gasteiger partial charge in [0.05, 0.1) is 12.6 Å². The smallest absolute Gasteiger partial charge is 0.254 e. The van der Waals surface area contributed by atoms with Crippen LogP contribution in [0, 0.1) is 0 Å². The molecule has 0 aromatic heterocycles. The SMILES string of the molecule is O=C1CCc2ccc(cc2)Oc2ccc3c(c2)CCN(C(=O)c2cccc(O)c2)C3c2cccc(c2)OCCCN1. The van der Waals surface area contributed by atoms with Crippen molar-refractivity contribution in [2.24, 2.45) is 0 Å². The molecule has 41 heavy (non-hydrogen) atoms. The molecule has 0 saturated carbocycles. The summed E-state index contributed by atoms with van der Waals surface area (Å²) in [6, 6.07) is 27.8. The fraction of sp³-hybridized carbons (Fsp3) is 0.235. The Kier molecular flexibility index (Phi) is 7.58. The zero-order valence-corrected chi connectivity index (χ0v) is 22.7. The van der Waals surface area contributed by atoms with E-state index in [1.807, 2.05) is 65.6 Å². The van der Waals surface area contributed by atoms with Gasteiger partial charge in [0.15, 0.2) is 0 Å². The first-order chi connectivity index (χ1) is 20.0. The van der Waals surface area contributed by atoms with Crippen LogP contribution in [-0.2, 0) is 17.6 Å². The van der Waals surface area contributed by atoms with Gasteiger partial charge in [-0.3, -0.25) is 9.59 Å². The first kappa shape index (κ1) is 26.4. The molecule has 4 aromatic rings. The first-order valence-corrected chi connectivity index (χ1v) is 14.0. The van der Waals surface area contributed by atoms with E-state index in [1.54, 1.807) is 18.2 Å². The molecule has 0 spiro atoms. The summed E-state index contributed by atoms with van der Waals surface area (Å²) in [5.41, 5.74) is 4.59. The lowest BCUT2D eigenvalue weighted by atomic mass is 9.87. The van der Waals surface area contributed by atoms with Crippen LogP contribution in [0.5, 0.6) is 23.0 Å². The Morgan fingerprint density at radius 2 is 1.68 bits per heavy atom. The number of hydrogen-bond acceptors (Lipinski definition) is 5. The lowest BCUT2D eigenvalue weighted by Crippen LogP contribution is -2.40. The Morgan fingerprint density at radius 1 is 0.854 bits per heavy atom. The molecule has 7 nitrogen and oxygen atoms in total. The zero-order valence-electron chi connectivity index (χ0n) is 22.7. The van der Waals surface area contributed by atoms with Gasteiger partial charge in [-0.05, 0) is 96.1 Å². The highest BCUT2D eigenvalue weighted by Gasteiger charge is 2.33. The number of hydrogen-bond donors (Lipinski definition) is 2. The summed E-state index contributed by atoms with van der Waals surface area (Å²) in [6.07, 6.45) is 2.43. The van der Waals surface area contributed by atoms with Crippen molar-refractivity contribution in [1.29, 1.82) is 0 Å². The van der Waals surface area contributed by atoms with Gasteiger partial charge >= 0.3 is 0 Å². The first-order valence-electron chi connectivity index (χ1n) is 14.0. The molecule has 0 saturated heterocycles. The molecule has 4 aliphatic heterocycles. The molecule has 0 fully saturated rings. The Bertz CT molecular complexity index is 1570. The van der Waals surface area contributed by atoms with Crippen LogP contribution in [0.15, 0.2) is 91.0 Å². The summed E-state index contributed by atoms with van der Waals surface area (Å²) in [5.74, 6) is 2.08. The van der Waals surface area contributed by atoms with Gasteiger partial charge in [-0.15, -0.1) is 0 Å². The van der Waals surface area contributed by atoms with Crippen molar-refractivity contribution >= 4 is 11.8 Å². The highest BCUT2D eigenvalue weighted by molar-refractivity contribution is 5.95. The van der Waals surface area contributed by atoms with E-state index in [4.69, 9.17) is 9.47 Å². The molecule has 0 radical (unpaired) electrons. The number of nitrogens with one attached hydrogen (secondary N) is 1. The van der Waals surface area contributed by atoms with Gasteiger partial charge in [-0.1, -0.05) is 36.4 Å². The van der Waals surface area contributed by atoms with E-state index in [2.05, 4.69) is 11.4 Å². The topological polar surface area (TPSA) is 88.1 Å². The third kappa shape index (κ3) is 6.04. The van der Waals surface area contributed by atoms with Crippen LogP contribution in [-0.4, -0.2) is 41.5 Å². The monoisotopic (exact) mass is 548 g/mol. The molecule has 0 aliphatic carbocycles. The second kappa shape index (κ2) is 11.8. The lowest BCUT2D eigenvalue weighted by molar-refractivity contribution is -0.121. The van der Waals surface area contributed by atoms with Crippen molar-refractivity contribution in [3.63, 3.8) is 0 Å². The van der Waals surface area contributed by atoms with Crippen LogP contribution in [0.2, 0.25) is 0 Å². The van der Waals surface area contributed by atoms with Crippen molar-refractivity contribution < 1.29 is 24.2 Å². The van der Waals surface area contributed by atoms with E-state index in [0.29, 0.717) is 56.7 Å². The molecule has 1 unspecified atom stereocenters. The van der Waals surface area contributed by atoms with E-state index >= 15 is 0 Å². The Balaban J connectivity index is 1.38. The quantitative estimate of drug-likeness (QED) is 0.314. The number of nitrogens with zero attached hydrogens (tertiary/aromatic N) is 1. The Labute approximate surface area is 239 Å². The molecule has 2 amide bonds. The fourth-order valence-corrected chi connectivity index (χ4v) is 5.52. The molecule has 208 valence electrons. The van der Waals surface area contributed by atoms with Crippen molar-refractivity contribution in [3.05, 3.63) is 119 Å². The van der Waals surface area contributed by atoms with Gasteiger partial charge in [0, 0.05) is 25.1 Å². The summed E-state index contributed by atoms with van der Waals surface area (Å²) in [5, 5.41) is 13.0. The minimum atomic E-state index is -0.348. The molecule has 4 aromatic carbocycles. The normalized spacial score (nSPS) is 17.1. The number of carbonyl (C=O) groups excluding carboxylic acids is 2. The minimum Gasteiger partial charge on any atom is -0.508 e. The van der Waals surface area contributed by atoms with Gasteiger partial charge in [-0.2, -0.15) is 0 Å². The summed E-state index contributed by atoms with van der Waals surface area (Å²) in [4.78, 5) is 28.0. The van der Waals surface area contributed by atoms with E-state index < -0.39 is 0 Å². The third-order valence-electron chi connectivity index (χ3n) is 7.58. The van der Waals surface area contributed by atoms with Crippen molar-refractivity contribution in [2.75, 3.05) is 19.7 Å². The van der Waals surface area contributed by atoms with Crippen LogP contribution < -0.4 is 14.8 Å². The fourth-order valence-electron chi connectivity index (χ4n) is 5.52. The van der Waals surface area contributed by atoms with Crippen LogP contribution >= 0.6 is 0 Å². The van der Waals surface area contributed by atoms with E-state index in [-0.39, 0.29) is 23.6 Å². The Hall–Kier alpha value is -4.78. The predicted molar refractivity (Wildman–Crippen MR) is 156 cm³/mol. The highest BCUT2D eigenvalue weighted by Crippen LogP contribution is 2.39. The van der Waals surface area contributed by atoms with Crippen LogP contribution in [0.1, 0.15) is 51.5 Å². The average molecular weight is 549 g/mol. The molecular formula is C34H32N2O5. The van der Waals surface area contributed by atoms with E-state index in [0.717, 1.165) is 33.8 Å². The molecule has 8 rings (SSSR count). The number of fused-ring (bicyclic) bond motifs is 1. The molecule has 7 heteroatoms. The van der Waals surface area contributed by atoms with Crippen LogP contribution in [0.3, 0.4) is 0 Å². The Morgan fingerprint density at radius 3 is 2.54 bits per heavy atom. The second-order valence-corrected chi connectivity index (χ2v) is 10.4. The maximum atomic E-state index is 13.8. The number of ether oxygens (including phenoxy) is 2. The van der Waals surface area contributed by atoms with Crippen LogP contribution in [0.4, 0.5) is 0 Å². The molecule has 4 heterocycles. The number of phenolic OH excluding ortho intramolecular Hbond substituents is 1. The lowest BCUT2D eigenvalue weighted by Gasteiger charge is -2.38. The summed E-state index contributed by atoms with van der Waals surface area (Å²) in [6.45, 7) is 1.50. The molecule has 8 bridgehead atoms. The maximum absolute atomic E-state index is 13.8. The summed E-state index contributed by atoms with van der Waals surface area (Å²) >= 11 is 0. The van der Waals surface area contributed by atoms with Gasteiger partial charge in [0.2, 0.25) is 5.91 Å². The van der Waals surface area contributed by atoms with Gasteiger partial charge < -0.3 is 24.8 Å². The number of aryl methyl sites for hydroxylation is 1. The van der Waals surface area contributed by atoms with Crippen molar-refractivity contribution in [2.45, 2.75) is 31.7 Å². The standard InChI is InChI=1S/C34H32N2O5/c37-27-6-1-5-26(20-27)34(39)36-18-16-24-21-30-13-14-31(24)33(36)25-4-2-7-29(22-25)40-19-3-17-35-32(38)15-10-23-8-11-28(41-30)12-9-23/h1-2,4-9,11-14,20-22,33,37H,3,10,15-19H2,(H,35,38). The number of carbonyl (C=O) groups is 2. The summed E-state index contributed by atoms with van der Waals surface area (Å²) in [7, 11) is 0. The van der Waals surface area contributed by atoms with Gasteiger partial charge in [0.1, 0.15) is 23.0 Å². The number of amides is 2. The number of phenols is 1. The number of rotatable bonds is 1. The van der Waals surface area contributed by atoms with Gasteiger partial charge in [0.25, 0.3) is 5.91 Å². The maximum Gasteiger partial charge on any atom is 0.254 e. The number of benzene rings is 4. The summed E-state index contributed by atoms with van der Waals surface area (Å²) < 4.78 is 12.3. The molecule has 4 aliphatic rings. The molecule has 1 atom stereocenters. The van der Waals surface area contributed by atoms with Crippen molar-refractivity contribution in [1.82, 2.24) is 10.2 Å². The second-order valence-electron chi connectivity index (χ2n) is 10.4. The molecule has 2 N–H and O–H groups in total. The predicted octanol–water partition coefficient (Wildman–Crippen LogP) is 5.80. The van der Waals surface area contributed by atoms with E-state index in [1.165, 1.54) is 6.07 Å². The number of aromatic hydroxyl groups is 1. The molecular weight excluding hydrogens is 516 g/mol. The highest BCUT2D eigenvalue weighted by atomic mass is 16.5. The minimum absolute atomic E-state index is 0.0170. The zero-order chi connectivity index (χ0) is 28.2. The third-order valence-corrected chi connectivity index (χ3v) is 7.58. The van der Waals surface area contributed by atoms with E-state index in [9.17, 15) is 14.7 Å².